The summed E-state index contributed by atoms with van der Waals surface area (Å²) in [7, 11) is -3.26. The van der Waals surface area contributed by atoms with Crippen molar-refractivity contribution in [3.05, 3.63) is 34.7 Å². The fourth-order valence-electron chi connectivity index (χ4n) is 2.85. The van der Waals surface area contributed by atoms with Crippen molar-refractivity contribution >= 4 is 21.4 Å². The Labute approximate surface area is 158 Å². The molecule has 26 heavy (non-hydrogen) atoms. The average Bonchev–Trinajstić information content (AvgIpc) is 3.07. The van der Waals surface area contributed by atoms with Crippen molar-refractivity contribution in [3.8, 4) is 17.0 Å². The summed E-state index contributed by atoms with van der Waals surface area (Å²) in [6, 6.07) is 7.51. The molecule has 1 aliphatic heterocycles. The maximum atomic E-state index is 11.8. The fourth-order valence-corrected chi connectivity index (χ4v) is 4.37. The highest BCUT2D eigenvalue weighted by atomic mass is 32.2. The lowest BCUT2D eigenvalue weighted by molar-refractivity contribution is -0.0279. The van der Waals surface area contributed by atoms with Crippen molar-refractivity contribution < 1.29 is 17.9 Å². The molecule has 0 unspecified atom stereocenters. The van der Waals surface area contributed by atoms with E-state index in [1.807, 2.05) is 36.6 Å². The van der Waals surface area contributed by atoms with Crippen LogP contribution in [-0.2, 0) is 14.8 Å². The topological polar surface area (TPSA) is 77.5 Å². The third-order valence-corrected chi connectivity index (χ3v) is 6.53. The summed E-state index contributed by atoms with van der Waals surface area (Å²) < 4.78 is 38.0. The zero-order chi connectivity index (χ0) is 18.6. The fraction of sp³-hybridized carbons (Fsp3) is 0.500. The van der Waals surface area contributed by atoms with Crippen LogP contribution in [-0.4, -0.2) is 44.5 Å². The molecule has 6 nitrogen and oxygen atoms in total. The third kappa shape index (κ3) is 5.03. The van der Waals surface area contributed by atoms with E-state index in [-0.39, 0.29) is 17.9 Å². The SMILES string of the molecule is CCS(=O)(=O)N[C@H]1CCCO[C@@H]1COc1ccc(-c2csc(C)n2)cc1. The van der Waals surface area contributed by atoms with Crippen LogP contribution in [0, 0.1) is 6.92 Å². The molecule has 1 aliphatic rings. The van der Waals surface area contributed by atoms with E-state index in [9.17, 15) is 8.42 Å². The van der Waals surface area contributed by atoms with Gasteiger partial charge >= 0.3 is 0 Å². The average molecular weight is 397 g/mol. The number of ether oxygens (including phenoxy) is 2. The first-order valence-electron chi connectivity index (χ1n) is 8.74. The number of hydrogen-bond donors (Lipinski definition) is 1. The largest absolute Gasteiger partial charge is 0.491 e. The van der Waals surface area contributed by atoms with E-state index < -0.39 is 10.0 Å². The quantitative estimate of drug-likeness (QED) is 0.778. The Morgan fingerprint density at radius 1 is 1.35 bits per heavy atom. The summed E-state index contributed by atoms with van der Waals surface area (Å²) >= 11 is 1.62. The smallest absolute Gasteiger partial charge is 0.211 e. The minimum atomic E-state index is -3.26. The predicted octanol–water partition coefficient (Wildman–Crippen LogP) is 2.98. The molecule has 1 aromatic carbocycles. The molecule has 8 heteroatoms. The highest BCUT2D eigenvalue weighted by molar-refractivity contribution is 7.89. The number of aryl methyl sites for hydroxylation is 1. The number of thiazole rings is 1. The minimum absolute atomic E-state index is 0.0641. The number of nitrogens with zero attached hydrogens (tertiary/aromatic N) is 1. The lowest BCUT2D eigenvalue weighted by Gasteiger charge is -2.31. The Bertz CT molecular complexity index is 818. The van der Waals surface area contributed by atoms with E-state index in [1.165, 1.54) is 0 Å². The summed E-state index contributed by atoms with van der Waals surface area (Å²) in [4.78, 5) is 4.47. The Morgan fingerprint density at radius 3 is 2.77 bits per heavy atom. The molecular formula is C18H24N2O4S2. The Hall–Kier alpha value is -1.48. The summed E-state index contributed by atoms with van der Waals surface area (Å²) in [6.45, 7) is 4.55. The third-order valence-electron chi connectivity index (χ3n) is 4.33. The monoisotopic (exact) mass is 396 g/mol. The van der Waals surface area contributed by atoms with Crippen molar-refractivity contribution in [1.29, 1.82) is 0 Å². The summed E-state index contributed by atoms with van der Waals surface area (Å²) in [5, 5.41) is 3.07. The number of rotatable bonds is 7. The van der Waals surface area contributed by atoms with Gasteiger partial charge in [0.15, 0.2) is 0 Å². The van der Waals surface area contributed by atoms with Crippen molar-refractivity contribution in [3.63, 3.8) is 0 Å². The molecule has 0 radical (unpaired) electrons. The highest BCUT2D eigenvalue weighted by Crippen LogP contribution is 2.24. The van der Waals surface area contributed by atoms with Gasteiger partial charge in [0.2, 0.25) is 10.0 Å². The van der Waals surface area contributed by atoms with Crippen LogP contribution in [0.2, 0.25) is 0 Å². The van der Waals surface area contributed by atoms with E-state index in [2.05, 4.69) is 9.71 Å². The van der Waals surface area contributed by atoms with Gasteiger partial charge in [0.05, 0.1) is 22.5 Å². The number of aromatic nitrogens is 1. The van der Waals surface area contributed by atoms with Crippen LogP contribution < -0.4 is 9.46 Å². The van der Waals surface area contributed by atoms with Gasteiger partial charge in [0.1, 0.15) is 18.5 Å². The zero-order valence-electron chi connectivity index (χ0n) is 15.0. The molecule has 0 saturated carbocycles. The van der Waals surface area contributed by atoms with E-state index in [0.717, 1.165) is 34.9 Å². The van der Waals surface area contributed by atoms with Crippen LogP contribution in [0.4, 0.5) is 0 Å². The molecule has 3 rings (SSSR count). The number of benzene rings is 1. The molecule has 2 aromatic rings. The first kappa shape index (κ1) is 19.3. The molecule has 2 heterocycles. The van der Waals surface area contributed by atoms with Gasteiger partial charge in [-0.05, 0) is 51.0 Å². The van der Waals surface area contributed by atoms with E-state index in [4.69, 9.17) is 9.47 Å². The van der Waals surface area contributed by atoms with Gasteiger partial charge in [-0.1, -0.05) is 0 Å². The van der Waals surface area contributed by atoms with Crippen molar-refractivity contribution in [2.75, 3.05) is 19.0 Å². The number of sulfonamides is 1. The van der Waals surface area contributed by atoms with Gasteiger partial charge in [-0.2, -0.15) is 0 Å². The van der Waals surface area contributed by atoms with Crippen LogP contribution in [0.3, 0.4) is 0 Å². The van der Waals surface area contributed by atoms with Gasteiger partial charge in [0.25, 0.3) is 0 Å². The maximum Gasteiger partial charge on any atom is 0.211 e. The normalized spacial score (nSPS) is 20.8. The molecule has 142 valence electrons. The molecule has 0 spiro atoms. The van der Waals surface area contributed by atoms with Crippen molar-refractivity contribution in [2.24, 2.45) is 0 Å². The maximum absolute atomic E-state index is 11.8. The van der Waals surface area contributed by atoms with E-state index in [0.29, 0.717) is 13.2 Å². The van der Waals surface area contributed by atoms with Crippen molar-refractivity contribution in [1.82, 2.24) is 9.71 Å². The molecule has 1 fully saturated rings. The first-order chi connectivity index (χ1) is 12.5. The second kappa shape index (κ2) is 8.47. The van der Waals surface area contributed by atoms with Crippen LogP contribution in [0.15, 0.2) is 29.6 Å². The van der Waals surface area contributed by atoms with Crippen LogP contribution >= 0.6 is 11.3 Å². The van der Waals surface area contributed by atoms with Crippen LogP contribution in [0.5, 0.6) is 5.75 Å². The second-order valence-corrected chi connectivity index (χ2v) is 9.37. The molecule has 0 bridgehead atoms. The molecule has 1 N–H and O–H groups in total. The zero-order valence-corrected chi connectivity index (χ0v) is 16.6. The Morgan fingerprint density at radius 2 is 2.12 bits per heavy atom. The highest BCUT2D eigenvalue weighted by Gasteiger charge is 2.29. The minimum Gasteiger partial charge on any atom is -0.491 e. The first-order valence-corrected chi connectivity index (χ1v) is 11.3. The number of hydrogen-bond acceptors (Lipinski definition) is 6. The Balaban J connectivity index is 1.60. The molecule has 1 saturated heterocycles. The standard InChI is InChI=1S/C18H24N2O4S2/c1-3-26(21,22)20-16-5-4-10-23-18(16)11-24-15-8-6-14(7-9-15)17-12-25-13(2)19-17/h6-9,12,16,18,20H,3-5,10-11H2,1-2H3/t16-,18+/m0/s1. The summed E-state index contributed by atoms with van der Waals surface area (Å²) in [6.07, 6.45) is 1.32. The van der Waals surface area contributed by atoms with Gasteiger partial charge in [-0.15, -0.1) is 11.3 Å². The predicted molar refractivity (Wildman–Crippen MR) is 103 cm³/mol. The summed E-state index contributed by atoms with van der Waals surface area (Å²) in [5.41, 5.74) is 2.01. The van der Waals surface area contributed by atoms with Gasteiger partial charge in [-0.3, -0.25) is 0 Å². The number of nitrogens with one attached hydrogen (secondary N) is 1. The van der Waals surface area contributed by atoms with Crippen LogP contribution in [0.1, 0.15) is 24.8 Å². The van der Waals surface area contributed by atoms with Gasteiger partial charge in [-0.25, -0.2) is 18.1 Å². The Kier molecular flexibility index (Phi) is 6.29. The molecule has 2 atom stereocenters. The molecule has 1 aromatic heterocycles. The van der Waals surface area contributed by atoms with Crippen molar-refractivity contribution in [2.45, 2.75) is 38.8 Å². The molecular weight excluding hydrogens is 372 g/mol. The molecule has 0 aliphatic carbocycles. The molecule has 0 amide bonds. The lowest BCUT2D eigenvalue weighted by atomic mass is 10.0. The van der Waals surface area contributed by atoms with E-state index in [1.54, 1.807) is 18.3 Å². The van der Waals surface area contributed by atoms with E-state index >= 15 is 0 Å². The van der Waals surface area contributed by atoms with Crippen LogP contribution in [0.25, 0.3) is 11.3 Å². The second-order valence-electron chi connectivity index (χ2n) is 6.27. The van der Waals surface area contributed by atoms with Gasteiger partial charge < -0.3 is 9.47 Å². The van der Waals surface area contributed by atoms with Gasteiger partial charge in [0, 0.05) is 17.6 Å². The summed E-state index contributed by atoms with van der Waals surface area (Å²) in [5.74, 6) is 0.793. The lowest BCUT2D eigenvalue weighted by Crippen LogP contribution is -2.49.